The Balaban J connectivity index is 2.10. The van der Waals surface area contributed by atoms with Crippen molar-refractivity contribution in [1.29, 1.82) is 5.26 Å². The second-order valence-electron chi connectivity index (χ2n) is 5.75. The second kappa shape index (κ2) is 6.16. The molecule has 0 radical (unpaired) electrons. The highest BCUT2D eigenvalue weighted by Gasteiger charge is 2.18. The van der Waals surface area contributed by atoms with Gasteiger partial charge in [0.05, 0.1) is 22.7 Å². The predicted molar refractivity (Wildman–Crippen MR) is 88.1 cm³/mol. The molecule has 0 saturated carbocycles. The molecule has 22 heavy (non-hydrogen) atoms. The van der Waals surface area contributed by atoms with E-state index in [1.165, 1.54) is 0 Å². The Morgan fingerprint density at radius 3 is 2.68 bits per heavy atom. The van der Waals surface area contributed by atoms with E-state index in [0.717, 1.165) is 48.8 Å². The summed E-state index contributed by atoms with van der Waals surface area (Å²) < 4.78 is 0. The highest BCUT2D eigenvalue weighted by Crippen LogP contribution is 2.26. The van der Waals surface area contributed by atoms with E-state index in [1.807, 2.05) is 6.07 Å². The van der Waals surface area contributed by atoms with E-state index in [4.69, 9.17) is 15.2 Å². The lowest BCUT2D eigenvalue weighted by molar-refractivity contribution is 0.585. The van der Waals surface area contributed by atoms with Crippen LogP contribution in [-0.4, -0.2) is 42.2 Å². The summed E-state index contributed by atoms with van der Waals surface area (Å²) in [5.74, 6) is 1.69. The number of benzene rings is 1. The van der Waals surface area contributed by atoms with Gasteiger partial charge in [0, 0.05) is 32.2 Å². The number of nitriles is 1. The third-order valence-electron chi connectivity index (χ3n) is 3.62. The summed E-state index contributed by atoms with van der Waals surface area (Å²) in [5.41, 5.74) is 2.18. The van der Waals surface area contributed by atoms with Crippen molar-refractivity contribution >= 4 is 22.7 Å². The number of hydrogen-bond acceptors (Lipinski definition) is 6. The molecule has 114 valence electrons. The second-order valence-corrected chi connectivity index (χ2v) is 5.75. The number of nitrogens with one attached hydrogen (secondary N) is 2. The van der Waals surface area contributed by atoms with E-state index in [-0.39, 0.29) is 6.04 Å². The summed E-state index contributed by atoms with van der Waals surface area (Å²) >= 11 is 0. The predicted octanol–water partition coefficient (Wildman–Crippen LogP) is 1.73. The first-order valence-electron chi connectivity index (χ1n) is 7.61. The SMILES string of the molecule is CC(C)Nc1nc2ccc(C#N)cc2nc1N1CCNCC1. The number of rotatable bonds is 3. The van der Waals surface area contributed by atoms with Crippen molar-refractivity contribution in [2.24, 2.45) is 0 Å². The van der Waals surface area contributed by atoms with Crippen molar-refractivity contribution < 1.29 is 0 Å². The van der Waals surface area contributed by atoms with E-state index in [1.54, 1.807) is 12.1 Å². The van der Waals surface area contributed by atoms with Crippen molar-refractivity contribution in [3.63, 3.8) is 0 Å². The van der Waals surface area contributed by atoms with Gasteiger partial charge in [-0.25, -0.2) is 9.97 Å². The smallest absolute Gasteiger partial charge is 0.172 e. The normalized spacial score (nSPS) is 15.1. The van der Waals surface area contributed by atoms with Crippen LogP contribution in [0.4, 0.5) is 11.6 Å². The van der Waals surface area contributed by atoms with Crippen LogP contribution in [0.25, 0.3) is 11.0 Å². The minimum Gasteiger partial charge on any atom is -0.365 e. The molecule has 2 N–H and O–H groups in total. The molecule has 6 nitrogen and oxygen atoms in total. The summed E-state index contributed by atoms with van der Waals surface area (Å²) in [4.78, 5) is 11.7. The number of piperazine rings is 1. The summed E-state index contributed by atoms with van der Waals surface area (Å²) in [6.07, 6.45) is 0. The summed E-state index contributed by atoms with van der Waals surface area (Å²) in [5, 5.41) is 15.8. The fourth-order valence-electron chi connectivity index (χ4n) is 2.58. The molecule has 0 aliphatic carbocycles. The first-order chi connectivity index (χ1) is 10.7. The van der Waals surface area contributed by atoms with Crippen molar-refractivity contribution in [3.05, 3.63) is 23.8 Å². The van der Waals surface area contributed by atoms with Gasteiger partial charge in [-0.15, -0.1) is 0 Å². The zero-order valence-electron chi connectivity index (χ0n) is 12.9. The van der Waals surface area contributed by atoms with Gasteiger partial charge < -0.3 is 15.5 Å². The summed E-state index contributed by atoms with van der Waals surface area (Å²) in [6, 6.07) is 7.87. The minimum absolute atomic E-state index is 0.284. The van der Waals surface area contributed by atoms with E-state index in [9.17, 15) is 0 Å². The molecule has 0 atom stereocenters. The van der Waals surface area contributed by atoms with Gasteiger partial charge >= 0.3 is 0 Å². The molecule has 1 saturated heterocycles. The number of nitrogens with zero attached hydrogens (tertiary/aromatic N) is 4. The number of fused-ring (bicyclic) bond motifs is 1. The van der Waals surface area contributed by atoms with E-state index in [2.05, 4.69) is 35.5 Å². The molecule has 1 aliphatic rings. The van der Waals surface area contributed by atoms with Crippen molar-refractivity contribution in [3.8, 4) is 6.07 Å². The Hall–Kier alpha value is -2.39. The molecule has 2 heterocycles. The van der Waals surface area contributed by atoms with E-state index >= 15 is 0 Å². The number of aromatic nitrogens is 2. The third kappa shape index (κ3) is 2.95. The quantitative estimate of drug-likeness (QED) is 0.898. The van der Waals surface area contributed by atoms with Crippen molar-refractivity contribution in [2.45, 2.75) is 19.9 Å². The van der Waals surface area contributed by atoms with Crippen LogP contribution in [0.5, 0.6) is 0 Å². The minimum atomic E-state index is 0.284. The van der Waals surface area contributed by atoms with Crippen molar-refractivity contribution in [2.75, 3.05) is 36.4 Å². The Morgan fingerprint density at radius 1 is 1.23 bits per heavy atom. The maximum atomic E-state index is 9.06. The molecule has 0 spiro atoms. The van der Waals surface area contributed by atoms with Gasteiger partial charge in [0.25, 0.3) is 0 Å². The van der Waals surface area contributed by atoms with Gasteiger partial charge in [0.2, 0.25) is 0 Å². The number of anilines is 2. The molecule has 3 rings (SSSR count). The monoisotopic (exact) mass is 296 g/mol. The zero-order valence-corrected chi connectivity index (χ0v) is 12.9. The molecule has 0 bridgehead atoms. The maximum absolute atomic E-state index is 9.06. The van der Waals surface area contributed by atoms with Crippen LogP contribution < -0.4 is 15.5 Å². The molecule has 0 unspecified atom stereocenters. The largest absolute Gasteiger partial charge is 0.365 e. The van der Waals surface area contributed by atoms with Gasteiger partial charge in [0.15, 0.2) is 11.6 Å². The molecule has 0 amide bonds. The third-order valence-corrected chi connectivity index (χ3v) is 3.62. The summed E-state index contributed by atoms with van der Waals surface area (Å²) in [7, 11) is 0. The fourth-order valence-corrected chi connectivity index (χ4v) is 2.58. The molecular weight excluding hydrogens is 276 g/mol. The standard InChI is InChI=1S/C16H20N6/c1-11(2)19-15-16(22-7-5-18-6-8-22)21-14-9-12(10-17)3-4-13(14)20-15/h3-4,9,11,18H,5-8H2,1-2H3,(H,19,20). The van der Waals surface area contributed by atoms with Crippen LogP contribution >= 0.6 is 0 Å². The topological polar surface area (TPSA) is 76.9 Å². The van der Waals surface area contributed by atoms with E-state index in [0.29, 0.717) is 5.56 Å². The molecule has 1 aliphatic heterocycles. The molecule has 1 aromatic carbocycles. The number of hydrogen-bond donors (Lipinski definition) is 2. The average Bonchev–Trinajstić information content (AvgIpc) is 2.54. The lowest BCUT2D eigenvalue weighted by Gasteiger charge is -2.30. The fraction of sp³-hybridized carbons (Fsp3) is 0.438. The van der Waals surface area contributed by atoms with Crippen LogP contribution in [0.2, 0.25) is 0 Å². The zero-order chi connectivity index (χ0) is 15.5. The van der Waals surface area contributed by atoms with Crippen LogP contribution in [0.3, 0.4) is 0 Å². The van der Waals surface area contributed by atoms with Crippen LogP contribution in [-0.2, 0) is 0 Å². The molecular formula is C16H20N6. The van der Waals surface area contributed by atoms with Gasteiger partial charge in [-0.3, -0.25) is 0 Å². The highest BCUT2D eigenvalue weighted by atomic mass is 15.3. The van der Waals surface area contributed by atoms with Crippen LogP contribution in [0.1, 0.15) is 19.4 Å². The van der Waals surface area contributed by atoms with E-state index < -0.39 is 0 Å². The van der Waals surface area contributed by atoms with Gasteiger partial charge in [0.1, 0.15) is 0 Å². The Morgan fingerprint density at radius 2 is 2.00 bits per heavy atom. The van der Waals surface area contributed by atoms with Crippen LogP contribution in [0.15, 0.2) is 18.2 Å². The molecule has 6 heteroatoms. The first-order valence-corrected chi connectivity index (χ1v) is 7.61. The molecule has 2 aromatic rings. The first kappa shape index (κ1) is 14.5. The molecule has 1 aromatic heterocycles. The Bertz CT molecular complexity index is 712. The Kier molecular flexibility index (Phi) is 4.07. The highest BCUT2D eigenvalue weighted by molar-refractivity contribution is 5.81. The van der Waals surface area contributed by atoms with Gasteiger partial charge in [-0.2, -0.15) is 5.26 Å². The average molecular weight is 296 g/mol. The summed E-state index contributed by atoms with van der Waals surface area (Å²) in [6.45, 7) is 7.88. The maximum Gasteiger partial charge on any atom is 0.172 e. The lowest BCUT2D eigenvalue weighted by atomic mass is 10.2. The molecule has 1 fully saturated rings. The van der Waals surface area contributed by atoms with Gasteiger partial charge in [-0.05, 0) is 32.0 Å². The van der Waals surface area contributed by atoms with Crippen LogP contribution in [0, 0.1) is 11.3 Å². The lowest BCUT2D eigenvalue weighted by Crippen LogP contribution is -2.44. The Labute approximate surface area is 130 Å². The van der Waals surface area contributed by atoms with Crippen molar-refractivity contribution in [1.82, 2.24) is 15.3 Å². The van der Waals surface area contributed by atoms with Gasteiger partial charge in [-0.1, -0.05) is 0 Å².